The van der Waals surface area contributed by atoms with Gasteiger partial charge in [-0.15, -0.1) is 0 Å². The normalized spacial score (nSPS) is 24.4. The Labute approximate surface area is 250 Å². The van der Waals surface area contributed by atoms with Crippen molar-refractivity contribution in [2.75, 3.05) is 39.0 Å². The number of nitrogens with zero attached hydrogens (tertiary/aromatic N) is 3. The molecule has 3 atom stereocenters. The van der Waals surface area contributed by atoms with Crippen LogP contribution in [-0.4, -0.2) is 66.1 Å². The van der Waals surface area contributed by atoms with Crippen LogP contribution in [0.1, 0.15) is 52.7 Å². The Morgan fingerprint density at radius 2 is 1.84 bits per heavy atom. The average Bonchev–Trinajstić information content (AvgIpc) is 3.56. The molecule has 3 aliphatic rings. The van der Waals surface area contributed by atoms with Gasteiger partial charge in [0.25, 0.3) is 5.91 Å². The molecular formula is C33H38F3N5O2. The van der Waals surface area contributed by atoms with Crippen LogP contribution >= 0.6 is 0 Å². The van der Waals surface area contributed by atoms with Crippen molar-refractivity contribution in [1.82, 2.24) is 20.1 Å². The van der Waals surface area contributed by atoms with E-state index in [9.17, 15) is 18.0 Å². The maximum atomic E-state index is 14.1. The summed E-state index contributed by atoms with van der Waals surface area (Å²) in [6.45, 7) is 3.94. The standard InChI is InChI=1S/C33H38F3N5O2/c1-40-14-16-41(17-15-40)20-25-11-10-24(18-27(25)33(34,35)36)23-8-6-22(7-9-23)21-43-29-19-32(29)12-2-5-28(32)39-31(42)26-4-3-13-38-30(26)37/h3-4,6-11,13,18,28-29H,2,5,12,14-17,19-21H2,1H3,(H2,37,38)(H,39,42). The Hall–Kier alpha value is -3.47. The number of ether oxygens (including phenoxy) is 1. The van der Waals surface area contributed by atoms with Crippen LogP contribution in [0.5, 0.6) is 0 Å². The number of nitrogens with two attached hydrogens (primary N) is 1. The van der Waals surface area contributed by atoms with Crippen LogP contribution in [0.2, 0.25) is 0 Å². The SMILES string of the molecule is CN1CCN(Cc2ccc(-c3ccc(COC4CC45CCCC5NC(=O)c4cccnc4N)cc3)cc2C(F)(F)F)CC1. The maximum Gasteiger partial charge on any atom is 0.416 e. The van der Waals surface area contributed by atoms with Crippen LogP contribution in [0.15, 0.2) is 60.8 Å². The molecule has 2 saturated carbocycles. The first kappa shape index (κ1) is 29.6. The lowest BCUT2D eigenvalue weighted by molar-refractivity contribution is -0.138. The highest BCUT2D eigenvalue weighted by Gasteiger charge is 2.62. The molecule has 228 valence electrons. The molecule has 3 aromatic rings. The highest BCUT2D eigenvalue weighted by molar-refractivity contribution is 5.98. The summed E-state index contributed by atoms with van der Waals surface area (Å²) < 4.78 is 48.5. The van der Waals surface area contributed by atoms with Crippen LogP contribution in [0.3, 0.4) is 0 Å². The minimum Gasteiger partial charge on any atom is -0.383 e. The highest BCUT2D eigenvalue weighted by atomic mass is 19.4. The number of hydrogen-bond donors (Lipinski definition) is 2. The number of halogens is 3. The summed E-state index contributed by atoms with van der Waals surface area (Å²) in [7, 11) is 2.03. The number of benzene rings is 2. The third kappa shape index (κ3) is 6.41. The van der Waals surface area contributed by atoms with E-state index in [1.165, 1.54) is 6.07 Å². The van der Waals surface area contributed by atoms with Gasteiger partial charge in [-0.05, 0) is 66.8 Å². The zero-order valence-electron chi connectivity index (χ0n) is 24.4. The van der Waals surface area contributed by atoms with Gasteiger partial charge in [0, 0.05) is 50.4 Å². The lowest BCUT2D eigenvalue weighted by atomic mass is 9.97. The topological polar surface area (TPSA) is 83.7 Å². The van der Waals surface area contributed by atoms with Gasteiger partial charge in [0.1, 0.15) is 5.82 Å². The van der Waals surface area contributed by atoms with Gasteiger partial charge in [-0.25, -0.2) is 4.98 Å². The predicted molar refractivity (Wildman–Crippen MR) is 159 cm³/mol. The zero-order valence-corrected chi connectivity index (χ0v) is 24.4. The first-order valence-corrected chi connectivity index (χ1v) is 15.0. The third-order valence-corrected chi connectivity index (χ3v) is 9.41. The second-order valence-electron chi connectivity index (χ2n) is 12.2. The van der Waals surface area contributed by atoms with E-state index in [-0.39, 0.29) is 29.3 Å². The zero-order chi connectivity index (χ0) is 30.2. The molecule has 1 spiro atoms. The lowest BCUT2D eigenvalue weighted by Gasteiger charge is -2.33. The molecule has 2 aromatic carbocycles. The van der Waals surface area contributed by atoms with Gasteiger partial charge in [-0.1, -0.05) is 42.8 Å². The number of likely N-dealkylation sites (N-methyl/N-ethyl adjacent to an activating group) is 1. The molecule has 1 aliphatic heterocycles. The molecule has 7 nitrogen and oxygen atoms in total. The van der Waals surface area contributed by atoms with Crippen molar-refractivity contribution in [1.29, 1.82) is 0 Å². The van der Waals surface area contributed by atoms with Gasteiger partial charge in [-0.3, -0.25) is 9.69 Å². The molecular weight excluding hydrogens is 555 g/mol. The monoisotopic (exact) mass is 593 g/mol. The fourth-order valence-electron chi connectivity index (χ4n) is 6.69. The highest BCUT2D eigenvalue weighted by Crippen LogP contribution is 2.59. The summed E-state index contributed by atoms with van der Waals surface area (Å²) in [6.07, 6.45) is 0.995. The number of alkyl halides is 3. The molecule has 6 rings (SSSR count). The summed E-state index contributed by atoms with van der Waals surface area (Å²) >= 11 is 0. The number of piperazine rings is 1. The average molecular weight is 594 g/mol. The van der Waals surface area contributed by atoms with E-state index in [0.29, 0.717) is 29.8 Å². The van der Waals surface area contributed by atoms with E-state index in [1.807, 2.05) is 31.3 Å². The largest absolute Gasteiger partial charge is 0.416 e. The summed E-state index contributed by atoms with van der Waals surface area (Å²) in [5, 5.41) is 3.16. The number of nitrogen functional groups attached to an aromatic ring is 1. The predicted octanol–water partition coefficient (Wildman–Crippen LogP) is 5.35. The number of nitrogens with one attached hydrogen (secondary N) is 1. The van der Waals surface area contributed by atoms with Gasteiger partial charge in [0.15, 0.2) is 0 Å². The quantitative estimate of drug-likeness (QED) is 0.366. The molecule has 3 unspecified atom stereocenters. The van der Waals surface area contributed by atoms with Crippen molar-refractivity contribution >= 4 is 11.7 Å². The number of pyridine rings is 1. The fourth-order valence-corrected chi connectivity index (χ4v) is 6.69. The molecule has 2 heterocycles. The molecule has 3 N–H and O–H groups in total. The lowest BCUT2D eigenvalue weighted by Crippen LogP contribution is -2.44. The van der Waals surface area contributed by atoms with Gasteiger partial charge in [0.2, 0.25) is 0 Å². The van der Waals surface area contributed by atoms with Crippen LogP contribution in [0.25, 0.3) is 11.1 Å². The number of amides is 1. The van der Waals surface area contributed by atoms with E-state index < -0.39 is 11.7 Å². The summed E-state index contributed by atoms with van der Waals surface area (Å²) in [4.78, 5) is 21.1. The number of hydrogen-bond acceptors (Lipinski definition) is 6. The van der Waals surface area contributed by atoms with E-state index in [0.717, 1.165) is 63.0 Å². The molecule has 0 bridgehead atoms. The summed E-state index contributed by atoms with van der Waals surface area (Å²) in [5.74, 6) is 0.00877. The van der Waals surface area contributed by atoms with Crippen molar-refractivity contribution in [2.24, 2.45) is 5.41 Å². The van der Waals surface area contributed by atoms with E-state index in [1.54, 1.807) is 30.5 Å². The second-order valence-corrected chi connectivity index (χ2v) is 12.2. The Morgan fingerprint density at radius 3 is 2.56 bits per heavy atom. The number of aromatic nitrogens is 1. The molecule has 1 saturated heterocycles. The number of rotatable bonds is 8. The van der Waals surface area contributed by atoms with Crippen molar-refractivity contribution in [3.8, 4) is 11.1 Å². The molecule has 0 radical (unpaired) electrons. The first-order valence-electron chi connectivity index (χ1n) is 15.0. The van der Waals surface area contributed by atoms with Gasteiger partial charge in [-0.2, -0.15) is 13.2 Å². The van der Waals surface area contributed by atoms with Crippen LogP contribution in [0.4, 0.5) is 19.0 Å². The minimum absolute atomic E-state index is 0.0223. The summed E-state index contributed by atoms with van der Waals surface area (Å²) in [6, 6.07) is 15.6. The number of anilines is 1. The van der Waals surface area contributed by atoms with Crippen LogP contribution in [-0.2, 0) is 24.1 Å². The van der Waals surface area contributed by atoms with E-state index >= 15 is 0 Å². The van der Waals surface area contributed by atoms with Gasteiger partial charge >= 0.3 is 6.18 Å². The Morgan fingerprint density at radius 1 is 1.09 bits per heavy atom. The molecule has 43 heavy (non-hydrogen) atoms. The Kier molecular flexibility index (Phi) is 8.19. The Balaban J connectivity index is 1.07. The van der Waals surface area contributed by atoms with E-state index in [4.69, 9.17) is 10.5 Å². The van der Waals surface area contributed by atoms with Crippen molar-refractivity contribution in [3.05, 3.63) is 83.0 Å². The first-order chi connectivity index (χ1) is 20.6. The fraction of sp³-hybridized carbons (Fsp3) is 0.455. The minimum atomic E-state index is -4.42. The van der Waals surface area contributed by atoms with Gasteiger partial charge < -0.3 is 20.7 Å². The smallest absolute Gasteiger partial charge is 0.383 e. The molecule has 3 fully saturated rings. The number of carbonyl (C=O) groups excluding carboxylic acids is 1. The van der Waals surface area contributed by atoms with Crippen LogP contribution < -0.4 is 11.1 Å². The third-order valence-electron chi connectivity index (χ3n) is 9.41. The van der Waals surface area contributed by atoms with Crippen LogP contribution in [0, 0.1) is 5.41 Å². The molecule has 1 aromatic heterocycles. The summed E-state index contributed by atoms with van der Waals surface area (Å²) in [5.41, 5.74) is 8.18. The number of carbonyl (C=O) groups is 1. The molecule has 10 heteroatoms. The second kappa shape index (κ2) is 11.9. The maximum absolute atomic E-state index is 14.1. The van der Waals surface area contributed by atoms with E-state index in [2.05, 4.69) is 20.1 Å². The molecule has 1 amide bonds. The Bertz CT molecular complexity index is 1460. The van der Waals surface area contributed by atoms with Crippen molar-refractivity contribution in [2.45, 2.75) is 57.2 Å². The van der Waals surface area contributed by atoms with Gasteiger partial charge in [0.05, 0.1) is 23.8 Å². The van der Waals surface area contributed by atoms with Crippen molar-refractivity contribution < 1.29 is 22.7 Å². The van der Waals surface area contributed by atoms with Crippen molar-refractivity contribution in [3.63, 3.8) is 0 Å². The molecule has 2 aliphatic carbocycles.